The summed E-state index contributed by atoms with van der Waals surface area (Å²) in [6.07, 6.45) is 2.30. The molecule has 0 unspecified atom stereocenters. The maximum atomic E-state index is 6.31. The van der Waals surface area contributed by atoms with Gasteiger partial charge in [0.2, 0.25) is 0 Å². The van der Waals surface area contributed by atoms with Gasteiger partial charge < -0.3 is 0 Å². The summed E-state index contributed by atoms with van der Waals surface area (Å²) in [6.45, 7) is 8.32. The first kappa shape index (κ1) is 15.8. The normalized spacial score (nSPS) is 11.5. The molecule has 0 heterocycles. The van der Waals surface area contributed by atoms with Crippen LogP contribution in [0.5, 0.6) is 0 Å². The van der Waals surface area contributed by atoms with Crippen LogP contribution in [0.25, 0.3) is 0 Å². The van der Waals surface area contributed by atoms with Crippen LogP contribution in [-0.4, -0.2) is 23.4 Å². The van der Waals surface area contributed by atoms with Crippen molar-refractivity contribution in [3.8, 4) is 0 Å². The standard InChI is InChI=1S/C15H23Cl2N/c1-4-14(5-2)18(9-8-16)11-13-7-6-12(3)10-15(13)17/h6-7,10,14H,4-5,8-9,11H2,1-3H3. The molecule has 0 aliphatic heterocycles. The molecule has 3 heteroatoms. The van der Waals surface area contributed by atoms with Crippen molar-refractivity contribution in [2.24, 2.45) is 0 Å². The lowest BCUT2D eigenvalue weighted by molar-refractivity contribution is 0.188. The molecule has 0 aliphatic carbocycles. The van der Waals surface area contributed by atoms with Crippen LogP contribution in [0.1, 0.15) is 37.8 Å². The SMILES string of the molecule is CCC(CC)N(CCCl)Cc1ccc(C)cc1Cl. The second-order valence-corrected chi connectivity index (χ2v) is 5.51. The number of aryl methyl sites for hydroxylation is 1. The Morgan fingerprint density at radius 3 is 2.39 bits per heavy atom. The van der Waals surface area contributed by atoms with E-state index in [0.29, 0.717) is 11.9 Å². The predicted molar refractivity (Wildman–Crippen MR) is 81.7 cm³/mol. The zero-order valence-electron chi connectivity index (χ0n) is 11.5. The Morgan fingerprint density at radius 1 is 1.22 bits per heavy atom. The molecule has 0 aromatic heterocycles. The summed E-state index contributed by atoms with van der Waals surface area (Å²) < 4.78 is 0. The van der Waals surface area contributed by atoms with Crippen molar-refractivity contribution in [3.05, 3.63) is 34.3 Å². The number of nitrogens with zero attached hydrogens (tertiary/aromatic N) is 1. The summed E-state index contributed by atoms with van der Waals surface area (Å²) in [6, 6.07) is 6.86. The highest BCUT2D eigenvalue weighted by molar-refractivity contribution is 6.31. The van der Waals surface area contributed by atoms with E-state index in [1.807, 2.05) is 6.07 Å². The minimum atomic E-state index is 0.584. The molecule has 0 N–H and O–H groups in total. The molecule has 0 saturated heterocycles. The average Bonchev–Trinajstić information content (AvgIpc) is 2.34. The molecule has 18 heavy (non-hydrogen) atoms. The van der Waals surface area contributed by atoms with E-state index in [2.05, 4.69) is 37.8 Å². The highest BCUT2D eigenvalue weighted by atomic mass is 35.5. The Kier molecular flexibility index (Phi) is 7.06. The lowest BCUT2D eigenvalue weighted by Gasteiger charge is -2.30. The molecule has 0 radical (unpaired) electrons. The molecule has 1 aromatic rings. The molecule has 1 aromatic carbocycles. The monoisotopic (exact) mass is 287 g/mol. The molecule has 0 aliphatic rings. The molecule has 1 rings (SSSR count). The first-order valence-corrected chi connectivity index (χ1v) is 7.58. The van der Waals surface area contributed by atoms with E-state index in [-0.39, 0.29) is 0 Å². The summed E-state index contributed by atoms with van der Waals surface area (Å²) in [5.74, 6) is 0.667. The van der Waals surface area contributed by atoms with Gasteiger partial charge >= 0.3 is 0 Å². The summed E-state index contributed by atoms with van der Waals surface area (Å²) in [7, 11) is 0. The Bertz CT molecular complexity index is 362. The van der Waals surface area contributed by atoms with Crippen LogP contribution >= 0.6 is 23.2 Å². The van der Waals surface area contributed by atoms with Crippen LogP contribution in [0.15, 0.2) is 18.2 Å². The van der Waals surface area contributed by atoms with Gasteiger partial charge in [0.05, 0.1) is 0 Å². The average molecular weight is 288 g/mol. The van der Waals surface area contributed by atoms with Crippen LogP contribution in [0.4, 0.5) is 0 Å². The zero-order valence-corrected chi connectivity index (χ0v) is 13.1. The Morgan fingerprint density at radius 2 is 1.89 bits per heavy atom. The van der Waals surface area contributed by atoms with Gasteiger partial charge in [-0.2, -0.15) is 0 Å². The first-order valence-electron chi connectivity index (χ1n) is 6.67. The lowest BCUT2D eigenvalue weighted by atomic mass is 10.1. The van der Waals surface area contributed by atoms with Gasteiger partial charge in [-0.05, 0) is 37.0 Å². The van der Waals surface area contributed by atoms with Crippen LogP contribution < -0.4 is 0 Å². The third-order valence-electron chi connectivity index (χ3n) is 3.41. The highest BCUT2D eigenvalue weighted by Crippen LogP contribution is 2.21. The highest BCUT2D eigenvalue weighted by Gasteiger charge is 2.16. The van der Waals surface area contributed by atoms with Crippen molar-refractivity contribution >= 4 is 23.2 Å². The van der Waals surface area contributed by atoms with Gasteiger partial charge in [-0.25, -0.2) is 0 Å². The number of rotatable bonds is 7. The van der Waals surface area contributed by atoms with E-state index < -0.39 is 0 Å². The Balaban J connectivity index is 2.82. The maximum absolute atomic E-state index is 6.31. The van der Waals surface area contributed by atoms with Gasteiger partial charge in [0, 0.05) is 30.0 Å². The smallest absolute Gasteiger partial charge is 0.0453 e. The van der Waals surface area contributed by atoms with Gasteiger partial charge in [-0.15, -0.1) is 11.6 Å². The lowest BCUT2D eigenvalue weighted by Crippen LogP contribution is -2.35. The van der Waals surface area contributed by atoms with Crippen LogP contribution in [-0.2, 0) is 6.54 Å². The number of halogens is 2. The van der Waals surface area contributed by atoms with E-state index in [1.165, 1.54) is 11.1 Å². The van der Waals surface area contributed by atoms with Gasteiger partial charge in [0.1, 0.15) is 0 Å². The number of alkyl halides is 1. The van der Waals surface area contributed by atoms with E-state index in [4.69, 9.17) is 23.2 Å². The van der Waals surface area contributed by atoms with Crippen LogP contribution in [0, 0.1) is 6.92 Å². The quantitative estimate of drug-likeness (QED) is 0.646. The molecule has 0 spiro atoms. The molecule has 0 saturated carbocycles. The van der Waals surface area contributed by atoms with Gasteiger partial charge in [0.15, 0.2) is 0 Å². The molecule has 102 valence electrons. The number of benzene rings is 1. The van der Waals surface area contributed by atoms with E-state index in [1.54, 1.807) is 0 Å². The summed E-state index contributed by atoms with van der Waals surface area (Å²) in [5, 5.41) is 0.862. The first-order chi connectivity index (χ1) is 8.62. The Labute approximate surface area is 121 Å². The van der Waals surface area contributed by atoms with Crippen LogP contribution in [0.2, 0.25) is 5.02 Å². The van der Waals surface area contributed by atoms with E-state index in [9.17, 15) is 0 Å². The van der Waals surface area contributed by atoms with Crippen molar-refractivity contribution in [2.75, 3.05) is 12.4 Å². The summed E-state index contributed by atoms with van der Waals surface area (Å²) in [4.78, 5) is 2.43. The Hall–Kier alpha value is -0.240. The fourth-order valence-electron chi connectivity index (χ4n) is 2.30. The molecule has 0 atom stereocenters. The van der Waals surface area contributed by atoms with E-state index in [0.717, 1.165) is 31.0 Å². The van der Waals surface area contributed by atoms with Crippen molar-refractivity contribution in [1.29, 1.82) is 0 Å². The van der Waals surface area contributed by atoms with Gasteiger partial charge in [-0.3, -0.25) is 4.90 Å². The molecule has 0 fully saturated rings. The van der Waals surface area contributed by atoms with Gasteiger partial charge in [-0.1, -0.05) is 37.6 Å². The maximum Gasteiger partial charge on any atom is 0.0453 e. The van der Waals surface area contributed by atoms with Crippen molar-refractivity contribution in [2.45, 2.75) is 46.2 Å². The topological polar surface area (TPSA) is 3.24 Å². The molecular weight excluding hydrogens is 265 g/mol. The van der Waals surface area contributed by atoms with Crippen molar-refractivity contribution in [1.82, 2.24) is 4.90 Å². The van der Waals surface area contributed by atoms with E-state index >= 15 is 0 Å². The fraction of sp³-hybridized carbons (Fsp3) is 0.600. The second-order valence-electron chi connectivity index (χ2n) is 4.72. The molecular formula is C15H23Cl2N. The molecule has 0 bridgehead atoms. The fourth-order valence-corrected chi connectivity index (χ4v) is 2.82. The summed E-state index contributed by atoms with van der Waals surface area (Å²) >= 11 is 12.2. The zero-order chi connectivity index (χ0) is 13.5. The minimum absolute atomic E-state index is 0.584. The number of hydrogen-bond donors (Lipinski definition) is 0. The molecule has 0 amide bonds. The van der Waals surface area contributed by atoms with Crippen molar-refractivity contribution < 1.29 is 0 Å². The van der Waals surface area contributed by atoms with Crippen LogP contribution in [0.3, 0.4) is 0 Å². The largest absolute Gasteiger partial charge is 0.295 e. The summed E-state index contributed by atoms with van der Waals surface area (Å²) in [5.41, 5.74) is 2.40. The third-order valence-corrected chi connectivity index (χ3v) is 3.93. The number of hydrogen-bond acceptors (Lipinski definition) is 1. The van der Waals surface area contributed by atoms with Gasteiger partial charge in [0.25, 0.3) is 0 Å². The third kappa shape index (κ3) is 4.46. The van der Waals surface area contributed by atoms with Crippen molar-refractivity contribution in [3.63, 3.8) is 0 Å². The second kappa shape index (κ2) is 8.04. The molecule has 1 nitrogen and oxygen atoms in total. The predicted octanol–water partition coefficient (Wildman–Crippen LogP) is 4.88. The minimum Gasteiger partial charge on any atom is -0.295 e.